The van der Waals surface area contributed by atoms with E-state index in [1.807, 2.05) is 77.5 Å². The molecule has 9 nitrogen and oxygen atoms in total. The number of hydrogen-bond donors (Lipinski definition) is 2. The van der Waals surface area contributed by atoms with Crippen LogP contribution in [0.2, 0.25) is 0 Å². The van der Waals surface area contributed by atoms with E-state index in [0.717, 1.165) is 48.4 Å². The van der Waals surface area contributed by atoms with Gasteiger partial charge < -0.3 is 0 Å². The predicted molar refractivity (Wildman–Crippen MR) is 142 cm³/mol. The van der Waals surface area contributed by atoms with Crippen molar-refractivity contribution in [2.24, 2.45) is 7.05 Å². The number of anilines is 1. The van der Waals surface area contributed by atoms with Crippen molar-refractivity contribution in [2.75, 3.05) is 18.4 Å². The zero-order valence-electron chi connectivity index (χ0n) is 20.9. The number of hydrazine groups is 1. The van der Waals surface area contributed by atoms with E-state index < -0.39 is 0 Å². The Kier molecular flexibility index (Phi) is 7.41. The SMILES string of the molecule is Cn1cc(-c2cccc(C(=O)Nc3nc(CCCC(=O)NN4CCCC4)cn3-c3ccccc3)c2)cn1. The summed E-state index contributed by atoms with van der Waals surface area (Å²) in [6, 6.07) is 17.2. The van der Waals surface area contributed by atoms with Crippen LogP contribution in [0.5, 0.6) is 0 Å². The minimum atomic E-state index is -0.245. The Hall–Kier alpha value is -4.24. The average Bonchev–Trinajstić information content (AvgIpc) is 3.67. The number of aromatic nitrogens is 4. The lowest BCUT2D eigenvalue weighted by Gasteiger charge is -2.15. The van der Waals surface area contributed by atoms with Gasteiger partial charge in [0, 0.05) is 55.8 Å². The van der Waals surface area contributed by atoms with Gasteiger partial charge in [0.2, 0.25) is 11.9 Å². The van der Waals surface area contributed by atoms with Crippen molar-refractivity contribution in [2.45, 2.75) is 32.1 Å². The smallest absolute Gasteiger partial charge is 0.258 e. The molecule has 190 valence electrons. The van der Waals surface area contributed by atoms with Crippen molar-refractivity contribution in [3.05, 3.63) is 84.4 Å². The molecular formula is C28H31N7O2. The van der Waals surface area contributed by atoms with Crippen LogP contribution in [0.25, 0.3) is 16.8 Å². The quantitative estimate of drug-likeness (QED) is 0.365. The highest BCUT2D eigenvalue weighted by Crippen LogP contribution is 2.22. The highest BCUT2D eigenvalue weighted by atomic mass is 16.2. The molecule has 0 aliphatic carbocycles. The number of aryl methyl sites for hydroxylation is 2. The first kappa shape index (κ1) is 24.5. The summed E-state index contributed by atoms with van der Waals surface area (Å²) < 4.78 is 3.61. The number of benzene rings is 2. The molecule has 1 saturated heterocycles. The lowest BCUT2D eigenvalue weighted by molar-refractivity contribution is -0.125. The molecule has 2 N–H and O–H groups in total. The monoisotopic (exact) mass is 497 g/mol. The van der Waals surface area contributed by atoms with Gasteiger partial charge in [-0.05, 0) is 55.5 Å². The van der Waals surface area contributed by atoms with Crippen LogP contribution in [0.15, 0.2) is 73.2 Å². The fraction of sp³-hybridized carbons (Fsp3) is 0.286. The molecule has 2 aromatic carbocycles. The average molecular weight is 498 g/mol. The number of para-hydroxylation sites is 1. The number of carbonyl (C=O) groups excluding carboxylic acids is 2. The van der Waals surface area contributed by atoms with Gasteiger partial charge in [-0.1, -0.05) is 30.3 Å². The van der Waals surface area contributed by atoms with Crippen LogP contribution >= 0.6 is 0 Å². The summed E-state index contributed by atoms with van der Waals surface area (Å²) in [5.74, 6) is 0.232. The number of nitrogens with zero attached hydrogens (tertiary/aromatic N) is 5. The second-order valence-corrected chi connectivity index (χ2v) is 9.28. The fourth-order valence-electron chi connectivity index (χ4n) is 4.50. The van der Waals surface area contributed by atoms with Gasteiger partial charge in [0.15, 0.2) is 0 Å². The number of imidazole rings is 1. The van der Waals surface area contributed by atoms with Gasteiger partial charge in [-0.25, -0.2) is 9.99 Å². The van der Waals surface area contributed by atoms with Crippen molar-refractivity contribution in [3.63, 3.8) is 0 Å². The van der Waals surface area contributed by atoms with E-state index in [1.165, 1.54) is 0 Å². The van der Waals surface area contributed by atoms with E-state index in [-0.39, 0.29) is 11.8 Å². The highest BCUT2D eigenvalue weighted by molar-refractivity contribution is 6.04. The molecule has 0 unspecified atom stereocenters. The van der Waals surface area contributed by atoms with E-state index in [9.17, 15) is 9.59 Å². The molecule has 0 atom stereocenters. The van der Waals surface area contributed by atoms with E-state index >= 15 is 0 Å². The Morgan fingerprint density at radius 3 is 2.54 bits per heavy atom. The van der Waals surface area contributed by atoms with Crippen LogP contribution in [0, 0.1) is 0 Å². The lowest BCUT2D eigenvalue weighted by Crippen LogP contribution is -2.39. The predicted octanol–water partition coefficient (Wildman–Crippen LogP) is 3.97. The number of hydrogen-bond acceptors (Lipinski definition) is 5. The molecule has 5 rings (SSSR count). The summed E-state index contributed by atoms with van der Waals surface area (Å²) >= 11 is 0. The van der Waals surface area contributed by atoms with Gasteiger partial charge >= 0.3 is 0 Å². The van der Waals surface area contributed by atoms with Gasteiger partial charge in [0.25, 0.3) is 5.91 Å². The maximum absolute atomic E-state index is 13.2. The van der Waals surface area contributed by atoms with Crippen LogP contribution < -0.4 is 10.7 Å². The third-order valence-corrected chi connectivity index (χ3v) is 6.40. The largest absolute Gasteiger partial charge is 0.292 e. The van der Waals surface area contributed by atoms with Gasteiger partial charge in [0.05, 0.1) is 11.9 Å². The molecule has 0 radical (unpaired) electrons. The molecule has 0 spiro atoms. The molecule has 9 heteroatoms. The third-order valence-electron chi connectivity index (χ3n) is 6.40. The van der Waals surface area contributed by atoms with E-state index in [1.54, 1.807) is 16.9 Å². The minimum Gasteiger partial charge on any atom is -0.292 e. The minimum absolute atomic E-state index is 0.0337. The van der Waals surface area contributed by atoms with Gasteiger partial charge in [-0.3, -0.25) is 29.6 Å². The number of rotatable bonds is 9. The number of amides is 2. The van der Waals surface area contributed by atoms with Gasteiger partial charge in [0.1, 0.15) is 0 Å². The Morgan fingerprint density at radius 1 is 0.973 bits per heavy atom. The van der Waals surface area contributed by atoms with Crippen molar-refractivity contribution in [1.82, 2.24) is 29.8 Å². The Labute approximate surface area is 216 Å². The molecule has 2 aromatic heterocycles. The Balaban J connectivity index is 1.29. The van der Waals surface area contributed by atoms with Crippen LogP contribution in [0.3, 0.4) is 0 Å². The summed E-state index contributed by atoms with van der Waals surface area (Å²) in [7, 11) is 1.86. The first-order chi connectivity index (χ1) is 18.0. The zero-order chi connectivity index (χ0) is 25.6. The molecular weight excluding hydrogens is 466 g/mol. The molecule has 0 bridgehead atoms. The number of nitrogens with one attached hydrogen (secondary N) is 2. The molecule has 1 fully saturated rings. The highest BCUT2D eigenvalue weighted by Gasteiger charge is 2.17. The Morgan fingerprint density at radius 2 is 1.78 bits per heavy atom. The van der Waals surface area contributed by atoms with Crippen LogP contribution in [0.4, 0.5) is 5.95 Å². The normalized spacial score (nSPS) is 13.5. The van der Waals surface area contributed by atoms with Crippen molar-refractivity contribution in [3.8, 4) is 16.8 Å². The number of carbonyl (C=O) groups is 2. The topological polar surface area (TPSA) is 97.1 Å². The van der Waals surface area contributed by atoms with Crippen LogP contribution in [-0.4, -0.2) is 49.2 Å². The second-order valence-electron chi connectivity index (χ2n) is 9.28. The van der Waals surface area contributed by atoms with Gasteiger partial charge in [-0.2, -0.15) is 5.10 Å². The van der Waals surface area contributed by atoms with Crippen molar-refractivity contribution < 1.29 is 9.59 Å². The van der Waals surface area contributed by atoms with Crippen LogP contribution in [0.1, 0.15) is 41.7 Å². The molecule has 37 heavy (non-hydrogen) atoms. The maximum atomic E-state index is 13.2. The summed E-state index contributed by atoms with van der Waals surface area (Å²) in [5.41, 5.74) is 7.08. The molecule has 3 heterocycles. The molecule has 0 saturated carbocycles. The van der Waals surface area contributed by atoms with E-state index in [2.05, 4.69) is 15.8 Å². The summed E-state index contributed by atoms with van der Waals surface area (Å²) in [6.45, 7) is 1.84. The van der Waals surface area contributed by atoms with E-state index in [0.29, 0.717) is 30.8 Å². The maximum Gasteiger partial charge on any atom is 0.258 e. The summed E-state index contributed by atoms with van der Waals surface area (Å²) in [6.07, 6.45) is 9.60. The molecule has 1 aliphatic heterocycles. The first-order valence-corrected chi connectivity index (χ1v) is 12.6. The fourth-order valence-corrected chi connectivity index (χ4v) is 4.50. The van der Waals surface area contributed by atoms with Gasteiger partial charge in [-0.15, -0.1) is 0 Å². The molecule has 4 aromatic rings. The molecule has 2 amide bonds. The zero-order valence-corrected chi connectivity index (χ0v) is 20.9. The first-order valence-electron chi connectivity index (χ1n) is 12.6. The van der Waals surface area contributed by atoms with Crippen LogP contribution in [-0.2, 0) is 18.3 Å². The third kappa shape index (κ3) is 6.13. The Bertz CT molecular complexity index is 1370. The summed E-state index contributed by atoms with van der Waals surface area (Å²) in [4.78, 5) is 30.2. The second kappa shape index (κ2) is 11.2. The van der Waals surface area contributed by atoms with E-state index in [4.69, 9.17) is 4.98 Å². The standard InChI is InChI=1S/C28H31N7O2/c1-33-19-23(18-29-33)21-9-7-10-22(17-21)27(37)31-28-30-24(20-35(28)25-12-3-2-4-13-25)11-8-14-26(36)32-34-15-5-6-16-34/h2-4,7,9-10,12-13,17-20H,5-6,8,11,14-16H2,1H3,(H,32,36)(H,30,31,37). The van der Waals surface area contributed by atoms with Crippen molar-refractivity contribution in [1.29, 1.82) is 0 Å². The molecule has 1 aliphatic rings. The van der Waals surface area contributed by atoms with Crippen molar-refractivity contribution >= 4 is 17.8 Å². The lowest BCUT2D eigenvalue weighted by atomic mass is 10.1. The summed E-state index contributed by atoms with van der Waals surface area (Å²) in [5, 5.41) is 9.19.